The molecule has 1 aromatic heterocycles. The summed E-state index contributed by atoms with van der Waals surface area (Å²) in [4.78, 5) is 14.4. The minimum Gasteiger partial charge on any atom is -0.236 e. The first-order valence-corrected chi connectivity index (χ1v) is 6.06. The van der Waals surface area contributed by atoms with Gasteiger partial charge >= 0.3 is 0 Å². The van der Waals surface area contributed by atoms with Crippen LogP contribution in [0, 0.1) is 0 Å². The van der Waals surface area contributed by atoms with Gasteiger partial charge in [-0.05, 0) is 30.4 Å². The number of rotatable bonds is 2. The van der Waals surface area contributed by atoms with Gasteiger partial charge in [0.1, 0.15) is 11.1 Å². The van der Waals surface area contributed by atoms with E-state index in [0.717, 1.165) is 5.56 Å². The Balaban J connectivity index is 2.24. The monoisotopic (exact) mass is 235 g/mol. The van der Waals surface area contributed by atoms with Gasteiger partial charge in [-0.25, -0.2) is 9.78 Å². The molecule has 0 unspecified atom stereocenters. The highest BCUT2D eigenvalue weighted by atomic mass is 35.5. The molecule has 0 bridgehead atoms. The maximum atomic E-state index is 10.2. The molecule has 84 valence electrons. The zero-order valence-corrected chi connectivity index (χ0v) is 9.83. The molecule has 0 atom stereocenters. The predicted octanol–water partition coefficient (Wildman–Crippen LogP) is 3.63. The van der Waals surface area contributed by atoms with E-state index in [0.29, 0.717) is 16.8 Å². The summed E-state index contributed by atoms with van der Waals surface area (Å²) in [6, 6.07) is 3.83. The Kier molecular flexibility index (Phi) is 3.76. The highest BCUT2D eigenvalue weighted by Gasteiger charge is 2.18. The minimum absolute atomic E-state index is 0.538. The third-order valence-electron chi connectivity index (χ3n) is 3.15. The summed E-state index contributed by atoms with van der Waals surface area (Å²) in [5.74, 6) is 2.26. The van der Waals surface area contributed by atoms with E-state index in [1.807, 2.05) is 12.1 Å². The van der Waals surface area contributed by atoms with Crippen LogP contribution in [-0.2, 0) is 4.79 Å². The van der Waals surface area contributed by atoms with Crippen LogP contribution in [0.4, 0.5) is 0 Å². The molecule has 0 spiro atoms. The summed E-state index contributed by atoms with van der Waals surface area (Å²) in [5.41, 5.74) is 1.71. The van der Waals surface area contributed by atoms with Crippen LogP contribution >= 0.6 is 11.6 Å². The van der Waals surface area contributed by atoms with E-state index in [4.69, 9.17) is 11.6 Å². The molecule has 0 amide bonds. The first kappa shape index (κ1) is 11.4. The summed E-state index contributed by atoms with van der Waals surface area (Å²) in [6.45, 7) is 0. The standard InChI is InChI=1S/C13H14ClNO/c14-13-12(10-4-2-1-3-5-10)7-6-11(15-13)8-9-16/h6-8,10H,1-5H2. The van der Waals surface area contributed by atoms with Crippen molar-refractivity contribution < 1.29 is 4.79 Å². The first-order valence-electron chi connectivity index (χ1n) is 5.68. The number of nitrogens with zero attached hydrogens (tertiary/aromatic N) is 1. The Labute approximate surface area is 100 Å². The first-order chi connectivity index (χ1) is 7.81. The summed E-state index contributed by atoms with van der Waals surface area (Å²) in [6.07, 6.45) is 7.58. The Hall–Kier alpha value is -1.11. The highest BCUT2D eigenvalue weighted by molar-refractivity contribution is 6.30. The van der Waals surface area contributed by atoms with Crippen molar-refractivity contribution >= 4 is 23.6 Å². The molecular formula is C13H14ClNO. The fourth-order valence-electron chi connectivity index (χ4n) is 2.32. The number of hydrogen-bond donors (Lipinski definition) is 0. The Morgan fingerprint density at radius 3 is 2.69 bits per heavy atom. The molecule has 1 saturated carbocycles. The van der Waals surface area contributed by atoms with E-state index in [9.17, 15) is 4.79 Å². The zero-order chi connectivity index (χ0) is 11.4. The van der Waals surface area contributed by atoms with Crippen molar-refractivity contribution in [2.24, 2.45) is 0 Å². The van der Waals surface area contributed by atoms with Gasteiger partial charge in [0, 0.05) is 6.08 Å². The molecule has 1 aromatic rings. The third-order valence-corrected chi connectivity index (χ3v) is 3.45. The molecule has 0 aliphatic heterocycles. The highest BCUT2D eigenvalue weighted by Crippen LogP contribution is 2.35. The van der Waals surface area contributed by atoms with Gasteiger partial charge in [-0.3, -0.25) is 0 Å². The quantitative estimate of drug-likeness (QED) is 0.579. The minimum atomic E-state index is 0.538. The van der Waals surface area contributed by atoms with Gasteiger partial charge < -0.3 is 0 Å². The van der Waals surface area contributed by atoms with Crippen LogP contribution in [0.2, 0.25) is 5.15 Å². The van der Waals surface area contributed by atoms with Gasteiger partial charge in [-0.2, -0.15) is 0 Å². The summed E-state index contributed by atoms with van der Waals surface area (Å²) < 4.78 is 0. The second-order valence-electron chi connectivity index (χ2n) is 4.21. The van der Waals surface area contributed by atoms with Crippen molar-refractivity contribution in [3.63, 3.8) is 0 Å². The molecular weight excluding hydrogens is 222 g/mol. The average molecular weight is 236 g/mol. The molecule has 1 aliphatic rings. The summed E-state index contributed by atoms with van der Waals surface area (Å²) in [5, 5.41) is 0.538. The van der Waals surface area contributed by atoms with Crippen LogP contribution in [0.15, 0.2) is 12.1 Å². The van der Waals surface area contributed by atoms with Gasteiger partial charge in [-0.1, -0.05) is 36.9 Å². The Bertz CT molecular complexity index is 418. The molecule has 0 N–H and O–H groups in total. The lowest BCUT2D eigenvalue weighted by atomic mass is 9.85. The fraction of sp³-hybridized carbons (Fsp3) is 0.462. The second-order valence-corrected chi connectivity index (χ2v) is 4.57. The smallest absolute Gasteiger partial charge is 0.133 e. The summed E-state index contributed by atoms with van der Waals surface area (Å²) in [7, 11) is 0. The van der Waals surface area contributed by atoms with Crippen molar-refractivity contribution in [2.75, 3.05) is 0 Å². The van der Waals surface area contributed by atoms with Crippen LogP contribution in [0.3, 0.4) is 0 Å². The molecule has 0 radical (unpaired) electrons. The molecule has 1 heterocycles. The molecule has 1 fully saturated rings. The van der Waals surface area contributed by atoms with Crippen LogP contribution in [-0.4, -0.2) is 10.9 Å². The second kappa shape index (κ2) is 5.29. The number of pyridine rings is 1. The Morgan fingerprint density at radius 1 is 1.31 bits per heavy atom. The van der Waals surface area contributed by atoms with Crippen LogP contribution < -0.4 is 0 Å². The van der Waals surface area contributed by atoms with E-state index in [2.05, 4.69) is 4.98 Å². The van der Waals surface area contributed by atoms with Gasteiger partial charge in [0.15, 0.2) is 0 Å². The van der Waals surface area contributed by atoms with Crippen molar-refractivity contribution in [2.45, 2.75) is 38.0 Å². The zero-order valence-electron chi connectivity index (χ0n) is 9.08. The van der Waals surface area contributed by atoms with Gasteiger partial charge in [0.05, 0.1) is 5.69 Å². The molecule has 1 aliphatic carbocycles. The van der Waals surface area contributed by atoms with Gasteiger partial charge in [0.25, 0.3) is 0 Å². The van der Waals surface area contributed by atoms with Crippen molar-refractivity contribution in [3.8, 4) is 0 Å². The lowest BCUT2D eigenvalue weighted by Gasteiger charge is -2.22. The van der Waals surface area contributed by atoms with Crippen LogP contribution in [0.25, 0.3) is 6.08 Å². The largest absolute Gasteiger partial charge is 0.236 e. The van der Waals surface area contributed by atoms with Crippen molar-refractivity contribution in [1.29, 1.82) is 0 Å². The topological polar surface area (TPSA) is 30.0 Å². The molecule has 0 aromatic carbocycles. The summed E-state index contributed by atoms with van der Waals surface area (Å²) >= 11 is 6.14. The normalized spacial score (nSPS) is 16.8. The lowest BCUT2D eigenvalue weighted by Crippen LogP contribution is -2.06. The SMILES string of the molecule is O=C=Cc1ccc(C2CCCCC2)c(Cl)n1. The lowest BCUT2D eigenvalue weighted by molar-refractivity contribution is 0.443. The van der Waals surface area contributed by atoms with E-state index in [1.54, 1.807) is 5.94 Å². The maximum Gasteiger partial charge on any atom is 0.133 e. The van der Waals surface area contributed by atoms with E-state index < -0.39 is 0 Å². The number of carbonyl (C=O) groups excluding carboxylic acids is 1. The molecule has 16 heavy (non-hydrogen) atoms. The molecule has 2 nitrogen and oxygen atoms in total. The Morgan fingerprint density at radius 2 is 2.06 bits per heavy atom. The van der Waals surface area contributed by atoms with E-state index in [-0.39, 0.29) is 0 Å². The molecule has 0 saturated heterocycles. The number of hydrogen-bond acceptors (Lipinski definition) is 2. The average Bonchev–Trinajstić information content (AvgIpc) is 2.31. The third kappa shape index (κ3) is 2.52. The predicted molar refractivity (Wildman–Crippen MR) is 65.2 cm³/mol. The van der Waals surface area contributed by atoms with Gasteiger partial charge in [-0.15, -0.1) is 0 Å². The van der Waals surface area contributed by atoms with Crippen molar-refractivity contribution in [3.05, 3.63) is 28.5 Å². The van der Waals surface area contributed by atoms with E-state index >= 15 is 0 Å². The van der Waals surface area contributed by atoms with Crippen molar-refractivity contribution in [1.82, 2.24) is 4.98 Å². The van der Waals surface area contributed by atoms with E-state index in [1.165, 1.54) is 38.2 Å². The molecule has 2 rings (SSSR count). The van der Waals surface area contributed by atoms with Crippen LogP contribution in [0.1, 0.15) is 49.3 Å². The number of aromatic nitrogens is 1. The molecule has 3 heteroatoms. The maximum absolute atomic E-state index is 10.2. The fourth-order valence-corrected chi connectivity index (χ4v) is 2.63. The van der Waals surface area contributed by atoms with Gasteiger partial charge in [0.2, 0.25) is 0 Å². The number of halogens is 1. The van der Waals surface area contributed by atoms with Crippen LogP contribution in [0.5, 0.6) is 0 Å².